The molecule has 0 aromatic heterocycles. The number of hydrogen-bond donors (Lipinski definition) is 2. The quantitative estimate of drug-likeness (QED) is 0.0641. The number of carboxylic acids is 1. The van der Waals surface area contributed by atoms with E-state index in [1.54, 1.807) is 84.9 Å². The number of alkyl carbamates (subject to hydrolysis) is 1. The lowest BCUT2D eigenvalue weighted by Gasteiger charge is -2.54. The van der Waals surface area contributed by atoms with Crippen LogP contribution in [0.25, 0.3) is 0 Å². The van der Waals surface area contributed by atoms with E-state index >= 15 is 8.78 Å². The Hall–Kier alpha value is -6.32. The van der Waals surface area contributed by atoms with E-state index in [0.29, 0.717) is 16.7 Å². The molecule has 7 rings (SSSR count). The number of amides is 1. The second-order valence-electron chi connectivity index (χ2n) is 15.8. The summed E-state index contributed by atoms with van der Waals surface area (Å²) < 4.78 is 81.4. The highest BCUT2D eigenvalue weighted by atomic mass is 19.3. The summed E-state index contributed by atoms with van der Waals surface area (Å²) in [5.74, 6) is -9.13. The number of carbonyl (C=O) groups is 2. The van der Waals surface area contributed by atoms with Crippen molar-refractivity contribution in [3.8, 4) is 0 Å². The molecule has 1 fully saturated rings. The van der Waals surface area contributed by atoms with Crippen LogP contribution in [0.4, 0.5) is 13.6 Å². The number of ether oxygens (including phenoxy) is 7. The fraction of sp³-hybridized carbons (Fsp3) is 0.283. The zero-order valence-electron chi connectivity index (χ0n) is 36.2. The number of aliphatic carboxylic acids is 1. The second-order valence-corrected chi connectivity index (χ2v) is 15.8. The molecule has 0 spiro atoms. The maximum atomic E-state index is 18.3. The van der Waals surface area contributed by atoms with E-state index in [9.17, 15) is 14.7 Å². The number of alkyl halides is 2. The summed E-state index contributed by atoms with van der Waals surface area (Å²) in [5, 5.41) is 12.6. The van der Waals surface area contributed by atoms with Crippen molar-refractivity contribution in [2.24, 2.45) is 0 Å². The minimum absolute atomic E-state index is 0.0328. The maximum Gasteiger partial charge on any atom is 0.408 e. The number of hydrogen-bond acceptors (Lipinski definition) is 9. The van der Waals surface area contributed by atoms with E-state index in [4.69, 9.17) is 33.2 Å². The van der Waals surface area contributed by atoms with Gasteiger partial charge in [0, 0.05) is 6.42 Å². The van der Waals surface area contributed by atoms with E-state index < -0.39 is 67.3 Å². The minimum Gasteiger partial charge on any atom is -0.480 e. The molecule has 11 nitrogen and oxygen atoms in total. The molecule has 1 saturated heterocycles. The second kappa shape index (κ2) is 23.7. The van der Waals surface area contributed by atoms with Crippen molar-refractivity contribution in [1.29, 1.82) is 0 Å². The molecule has 1 aliphatic rings. The van der Waals surface area contributed by atoms with Crippen molar-refractivity contribution in [1.82, 2.24) is 5.32 Å². The fourth-order valence-corrected chi connectivity index (χ4v) is 7.62. The Morgan fingerprint density at radius 1 is 0.561 bits per heavy atom. The molecule has 344 valence electrons. The number of halogens is 2. The highest BCUT2D eigenvalue weighted by Gasteiger charge is 2.70. The van der Waals surface area contributed by atoms with Crippen LogP contribution in [0.15, 0.2) is 182 Å². The SMILES string of the molecule is O=C(NC(CC(F)(F)[C@]1(OCc2ccccc2)O[C@H](COCc2ccccc2)[C@H](OCc2ccccc2)[C@H](OCc2ccccc2)[C@H]1OCc1ccccc1)C(=O)O)OCc1ccccc1. The van der Waals surface area contributed by atoms with Crippen LogP contribution in [0.3, 0.4) is 0 Å². The summed E-state index contributed by atoms with van der Waals surface area (Å²) in [4.78, 5) is 26.0. The first kappa shape index (κ1) is 47.6. The maximum absolute atomic E-state index is 18.3. The molecule has 1 heterocycles. The van der Waals surface area contributed by atoms with Gasteiger partial charge >= 0.3 is 18.0 Å². The first-order valence-corrected chi connectivity index (χ1v) is 21.7. The minimum atomic E-state index is -4.27. The Kier molecular flexibility index (Phi) is 17.1. The topological polar surface area (TPSA) is 131 Å². The molecule has 0 radical (unpaired) electrons. The van der Waals surface area contributed by atoms with Gasteiger partial charge in [-0.05, 0) is 33.4 Å². The van der Waals surface area contributed by atoms with Gasteiger partial charge < -0.3 is 43.6 Å². The van der Waals surface area contributed by atoms with Gasteiger partial charge in [-0.3, -0.25) is 0 Å². The predicted octanol–water partition coefficient (Wildman–Crippen LogP) is 9.68. The average molecular weight is 902 g/mol. The summed E-state index contributed by atoms with van der Waals surface area (Å²) >= 11 is 0. The molecular formula is C53H53F2NO10. The molecule has 13 heteroatoms. The Bertz CT molecular complexity index is 2350. The first-order chi connectivity index (χ1) is 32.2. The van der Waals surface area contributed by atoms with Gasteiger partial charge in [0.15, 0.2) is 0 Å². The van der Waals surface area contributed by atoms with Gasteiger partial charge in [0.05, 0.1) is 39.6 Å². The predicted molar refractivity (Wildman–Crippen MR) is 241 cm³/mol. The van der Waals surface area contributed by atoms with Gasteiger partial charge in [-0.15, -0.1) is 0 Å². The van der Waals surface area contributed by atoms with E-state index in [1.165, 1.54) is 0 Å². The Morgan fingerprint density at radius 2 is 0.955 bits per heavy atom. The third kappa shape index (κ3) is 13.2. The number of rotatable bonds is 23. The summed E-state index contributed by atoms with van der Waals surface area (Å²) in [6, 6.07) is 51.9. The van der Waals surface area contributed by atoms with Crippen LogP contribution in [-0.4, -0.2) is 65.9 Å². The number of carbonyl (C=O) groups excluding carboxylic acids is 1. The van der Waals surface area contributed by atoms with Crippen molar-refractivity contribution in [3.63, 3.8) is 0 Å². The normalized spacial score (nSPS) is 20.0. The molecule has 1 aliphatic heterocycles. The van der Waals surface area contributed by atoms with E-state index in [-0.39, 0.29) is 39.6 Å². The van der Waals surface area contributed by atoms with E-state index in [2.05, 4.69) is 5.32 Å². The summed E-state index contributed by atoms with van der Waals surface area (Å²) in [6.45, 7) is -1.08. The highest BCUT2D eigenvalue weighted by molar-refractivity contribution is 5.80. The monoisotopic (exact) mass is 901 g/mol. The molecular weight excluding hydrogens is 849 g/mol. The van der Waals surface area contributed by atoms with Crippen LogP contribution in [0.5, 0.6) is 0 Å². The summed E-state index contributed by atoms with van der Waals surface area (Å²) in [7, 11) is 0. The summed E-state index contributed by atoms with van der Waals surface area (Å²) in [5.41, 5.74) is 4.11. The molecule has 6 atom stereocenters. The molecule has 0 bridgehead atoms. The van der Waals surface area contributed by atoms with Crippen molar-refractivity contribution >= 4 is 12.1 Å². The smallest absolute Gasteiger partial charge is 0.408 e. The van der Waals surface area contributed by atoms with Crippen LogP contribution >= 0.6 is 0 Å². The Labute approximate surface area is 383 Å². The Balaban J connectivity index is 1.32. The lowest BCUT2D eigenvalue weighted by molar-refractivity contribution is -0.440. The molecule has 6 aromatic carbocycles. The molecule has 0 saturated carbocycles. The lowest BCUT2D eigenvalue weighted by atomic mass is 9.85. The third-order valence-electron chi connectivity index (χ3n) is 11.0. The van der Waals surface area contributed by atoms with Gasteiger partial charge in [0.25, 0.3) is 5.79 Å². The number of benzene rings is 6. The van der Waals surface area contributed by atoms with Crippen molar-refractivity contribution in [2.75, 3.05) is 6.61 Å². The lowest BCUT2D eigenvalue weighted by Crippen LogP contribution is -2.74. The summed E-state index contributed by atoms with van der Waals surface area (Å²) in [6.07, 6.45) is -8.37. The van der Waals surface area contributed by atoms with Crippen LogP contribution in [0.1, 0.15) is 39.8 Å². The van der Waals surface area contributed by atoms with Crippen molar-refractivity contribution in [3.05, 3.63) is 215 Å². The average Bonchev–Trinajstić information content (AvgIpc) is 3.35. The first-order valence-electron chi connectivity index (χ1n) is 21.7. The van der Waals surface area contributed by atoms with Gasteiger partial charge in [0.1, 0.15) is 37.1 Å². The third-order valence-corrected chi connectivity index (χ3v) is 11.0. The van der Waals surface area contributed by atoms with Crippen molar-refractivity contribution in [2.45, 2.75) is 88.2 Å². The van der Waals surface area contributed by atoms with E-state index in [1.807, 2.05) is 97.1 Å². The van der Waals surface area contributed by atoms with Crippen LogP contribution in [0, 0.1) is 0 Å². The zero-order chi connectivity index (χ0) is 46.0. The van der Waals surface area contributed by atoms with Gasteiger partial charge in [0.2, 0.25) is 0 Å². The molecule has 2 N–H and O–H groups in total. The fourth-order valence-electron chi connectivity index (χ4n) is 7.62. The largest absolute Gasteiger partial charge is 0.480 e. The van der Waals surface area contributed by atoms with Crippen LogP contribution in [-0.2, 0) is 77.6 Å². The van der Waals surface area contributed by atoms with Crippen molar-refractivity contribution < 1.29 is 56.6 Å². The molecule has 66 heavy (non-hydrogen) atoms. The van der Waals surface area contributed by atoms with Crippen LogP contribution in [0.2, 0.25) is 0 Å². The molecule has 0 aliphatic carbocycles. The molecule has 6 aromatic rings. The molecule has 1 unspecified atom stereocenters. The standard InChI is InChI=1S/C53H53F2NO10/c54-52(55,31-45(50(57)58)56-51(59)64-36-43-27-15-5-16-28-43)53(65-37-44-29-17-6-18-30-44)49(63-35-42-25-13-4-14-26-42)48(62-34-41-23-11-3-12-24-41)47(61-33-40-21-9-2-10-22-40)46(66-53)38-60-32-39-19-7-1-8-20-39/h1-30,45-49H,31-38H2,(H,56,59)(H,57,58)/t45?,46-,47+,48+,49-,53-/m1/s1. The van der Waals surface area contributed by atoms with Gasteiger partial charge in [-0.25, -0.2) is 18.4 Å². The number of nitrogens with one attached hydrogen (secondary N) is 1. The van der Waals surface area contributed by atoms with E-state index in [0.717, 1.165) is 16.7 Å². The highest BCUT2D eigenvalue weighted by Crippen LogP contribution is 2.49. The molecule has 1 amide bonds. The Morgan fingerprint density at radius 3 is 1.41 bits per heavy atom. The van der Waals surface area contributed by atoms with Gasteiger partial charge in [-0.1, -0.05) is 182 Å². The zero-order valence-corrected chi connectivity index (χ0v) is 36.2. The number of carboxylic acid groups (broad SMARTS) is 1. The van der Waals surface area contributed by atoms with Crippen LogP contribution < -0.4 is 5.32 Å². The van der Waals surface area contributed by atoms with Gasteiger partial charge in [-0.2, -0.15) is 0 Å².